The number of pyridine rings is 1. The van der Waals surface area contributed by atoms with E-state index >= 15 is 0 Å². The van der Waals surface area contributed by atoms with Gasteiger partial charge in [0.2, 0.25) is 0 Å². The average molecular weight is 253 g/mol. The number of hydrogen-bond acceptors (Lipinski definition) is 4. The fourth-order valence-corrected chi connectivity index (χ4v) is 1.61. The van der Waals surface area contributed by atoms with Gasteiger partial charge < -0.3 is 14.6 Å². The predicted molar refractivity (Wildman–Crippen MR) is 64.5 cm³/mol. The van der Waals surface area contributed by atoms with E-state index in [0.29, 0.717) is 12.3 Å². The molecule has 0 atom stereocenters. The second-order valence-electron chi connectivity index (χ2n) is 3.81. The van der Waals surface area contributed by atoms with Gasteiger partial charge in [0.15, 0.2) is 23.3 Å². The summed E-state index contributed by atoms with van der Waals surface area (Å²) in [4.78, 5) is 5.44. The van der Waals surface area contributed by atoms with Crippen LogP contribution in [0.2, 0.25) is 0 Å². The lowest BCUT2D eigenvalue weighted by molar-refractivity contribution is 0.503. The summed E-state index contributed by atoms with van der Waals surface area (Å²) in [5.74, 6) is -0.672. The van der Waals surface area contributed by atoms with Crippen LogP contribution in [-0.4, -0.2) is 19.1 Å². The third-order valence-electron chi connectivity index (χ3n) is 2.48. The zero-order valence-electron chi connectivity index (χ0n) is 10.1. The summed E-state index contributed by atoms with van der Waals surface area (Å²) in [6, 6.07) is 4.33. The number of hydrogen-bond donors (Lipinski definition) is 1. The van der Waals surface area contributed by atoms with E-state index in [2.05, 4.69) is 10.3 Å². The Bertz CT molecular complexity index is 528. The zero-order valence-corrected chi connectivity index (χ0v) is 10.1. The smallest absolute Gasteiger partial charge is 0.168 e. The van der Waals surface area contributed by atoms with Crippen LogP contribution < -0.4 is 10.2 Å². The van der Waals surface area contributed by atoms with Crippen molar-refractivity contribution in [1.82, 2.24) is 4.98 Å². The van der Waals surface area contributed by atoms with Gasteiger partial charge in [0, 0.05) is 20.2 Å². The topological polar surface area (TPSA) is 41.3 Å². The Morgan fingerprint density at radius 3 is 2.78 bits per heavy atom. The van der Waals surface area contributed by atoms with E-state index in [1.54, 1.807) is 24.1 Å². The van der Waals surface area contributed by atoms with E-state index in [9.17, 15) is 8.78 Å². The minimum absolute atomic E-state index is 0.0118. The third kappa shape index (κ3) is 2.42. The molecule has 0 aliphatic heterocycles. The fourth-order valence-electron chi connectivity index (χ4n) is 1.61. The molecule has 0 spiro atoms. The lowest BCUT2D eigenvalue weighted by Gasteiger charge is -2.18. The van der Waals surface area contributed by atoms with E-state index in [1.807, 2.05) is 0 Å². The first-order valence-electron chi connectivity index (χ1n) is 5.39. The summed E-state index contributed by atoms with van der Waals surface area (Å²) in [6.45, 7) is 0.353. The van der Waals surface area contributed by atoms with Gasteiger partial charge in [0.1, 0.15) is 5.76 Å². The van der Waals surface area contributed by atoms with Gasteiger partial charge in [-0.2, -0.15) is 0 Å². The monoisotopic (exact) mass is 253 g/mol. The van der Waals surface area contributed by atoms with Crippen molar-refractivity contribution in [3.8, 4) is 0 Å². The summed E-state index contributed by atoms with van der Waals surface area (Å²) in [5.41, 5.74) is 0. The molecule has 0 saturated heterocycles. The first kappa shape index (κ1) is 12.3. The highest BCUT2D eigenvalue weighted by Gasteiger charge is 2.15. The molecule has 0 aromatic carbocycles. The Morgan fingerprint density at radius 2 is 2.17 bits per heavy atom. The van der Waals surface area contributed by atoms with Crippen LogP contribution in [-0.2, 0) is 6.54 Å². The van der Waals surface area contributed by atoms with Crippen molar-refractivity contribution in [2.24, 2.45) is 0 Å². The average Bonchev–Trinajstić information content (AvgIpc) is 2.81. The largest absolute Gasteiger partial charge is 0.467 e. The molecule has 0 aliphatic carbocycles. The van der Waals surface area contributed by atoms with Crippen LogP contribution in [0.1, 0.15) is 5.76 Å². The van der Waals surface area contributed by atoms with Crippen LogP contribution in [0, 0.1) is 11.6 Å². The maximum Gasteiger partial charge on any atom is 0.168 e. The van der Waals surface area contributed by atoms with Crippen LogP contribution >= 0.6 is 0 Å². The van der Waals surface area contributed by atoms with E-state index in [1.165, 1.54) is 13.3 Å². The zero-order chi connectivity index (χ0) is 13.1. The number of rotatable bonds is 4. The molecule has 0 unspecified atom stereocenters. The lowest BCUT2D eigenvalue weighted by atomic mass is 10.3. The molecule has 0 radical (unpaired) electrons. The van der Waals surface area contributed by atoms with Gasteiger partial charge in [0.25, 0.3) is 0 Å². The first-order chi connectivity index (χ1) is 8.61. The minimum Gasteiger partial charge on any atom is -0.467 e. The summed E-state index contributed by atoms with van der Waals surface area (Å²) in [5, 5.41) is 2.57. The number of furan rings is 1. The van der Waals surface area contributed by atoms with E-state index in [0.717, 1.165) is 6.07 Å². The Kier molecular flexibility index (Phi) is 3.45. The molecule has 2 heterocycles. The van der Waals surface area contributed by atoms with E-state index in [-0.39, 0.29) is 11.6 Å². The molecule has 0 amide bonds. The third-order valence-corrected chi connectivity index (χ3v) is 2.48. The van der Waals surface area contributed by atoms with Crippen molar-refractivity contribution in [3.63, 3.8) is 0 Å². The first-order valence-corrected chi connectivity index (χ1v) is 5.39. The van der Waals surface area contributed by atoms with Crippen LogP contribution in [0.5, 0.6) is 0 Å². The maximum atomic E-state index is 13.6. The maximum absolute atomic E-state index is 13.6. The van der Waals surface area contributed by atoms with Crippen molar-refractivity contribution in [1.29, 1.82) is 0 Å². The van der Waals surface area contributed by atoms with Crippen molar-refractivity contribution in [3.05, 3.63) is 41.9 Å². The standard InChI is InChI=1S/C12H13F2N3O/c1-15-11-9(13)6-10(14)12(16-11)17(2)7-8-4-3-5-18-8/h3-6H,7H2,1-2H3,(H,15,16). The highest BCUT2D eigenvalue weighted by Crippen LogP contribution is 2.22. The second-order valence-corrected chi connectivity index (χ2v) is 3.81. The highest BCUT2D eigenvalue weighted by molar-refractivity contribution is 5.48. The summed E-state index contributed by atoms with van der Waals surface area (Å²) < 4.78 is 32.1. The normalized spacial score (nSPS) is 10.4. The molecule has 2 aromatic heterocycles. The molecule has 18 heavy (non-hydrogen) atoms. The molecule has 1 N–H and O–H groups in total. The molecular weight excluding hydrogens is 240 g/mol. The van der Waals surface area contributed by atoms with Gasteiger partial charge in [-0.3, -0.25) is 0 Å². The van der Waals surface area contributed by atoms with Crippen LogP contribution in [0.15, 0.2) is 28.9 Å². The van der Waals surface area contributed by atoms with Gasteiger partial charge in [-0.25, -0.2) is 13.8 Å². The quantitative estimate of drug-likeness (QED) is 0.909. The van der Waals surface area contributed by atoms with Crippen molar-refractivity contribution in [2.75, 3.05) is 24.3 Å². The molecule has 4 nitrogen and oxygen atoms in total. The van der Waals surface area contributed by atoms with Crippen LogP contribution in [0.3, 0.4) is 0 Å². The number of aromatic nitrogens is 1. The molecule has 0 aliphatic rings. The van der Waals surface area contributed by atoms with Crippen molar-refractivity contribution < 1.29 is 13.2 Å². The van der Waals surface area contributed by atoms with Gasteiger partial charge in [-0.05, 0) is 12.1 Å². The van der Waals surface area contributed by atoms with Gasteiger partial charge in [-0.15, -0.1) is 0 Å². The molecular formula is C12H13F2N3O. The highest BCUT2D eigenvalue weighted by atomic mass is 19.1. The molecule has 6 heteroatoms. The van der Waals surface area contributed by atoms with Gasteiger partial charge >= 0.3 is 0 Å². The molecule has 0 saturated carbocycles. The lowest BCUT2D eigenvalue weighted by Crippen LogP contribution is -2.19. The summed E-state index contributed by atoms with van der Waals surface area (Å²) in [7, 11) is 3.19. The minimum atomic E-state index is -0.717. The molecule has 0 bridgehead atoms. The molecule has 2 aromatic rings. The molecule has 2 rings (SSSR count). The van der Waals surface area contributed by atoms with Crippen LogP contribution in [0.25, 0.3) is 0 Å². The second kappa shape index (κ2) is 5.03. The Labute approximate surface area is 103 Å². The van der Waals surface area contributed by atoms with Gasteiger partial charge in [0.05, 0.1) is 12.8 Å². The SMILES string of the molecule is CNc1nc(N(C)Cc2ccco2)c(F)cc1F. The Morgan fingerprint density at radius 1 is 1.39 bits per heavy atom. The van der Waals surface area contributed by atoms with E-state index < -0.39 is 11.6 Å². The van der Waals surface area contributed by atoms with Crippen molar-refractivity contribution in [2.45, 2.75) is 6.54 Å². The summed E-state index contributed by atoms with van der Waals surface area (Å²) >= 11 is 0. The number of anilines is 2. The van der Waals surface area contributed by atoms with Gasteiger partial charge in [-0.1, -0.05) is 0 Å². The number of nitrogens with zero attached hydrogens (tertiary/aromatic N) is 2. The number of halogens is 2. The fraction of sp³-hybridized carbons (Fsp3) is 0.250. The number of nitrogens with one attached hydrogen (secondary N) is 1. The Hall–Kier alpha value is -2.11. The van der Waals surface area contributed by atoms with Crippen molar-refractivity contribution >= 4 is 11.6 Å². The molecule has 96 valence electrons. The molecule has 0 fully saturated rings. The summed E-state index contributed by atoms with van der Waals surface area (Å²) in [6.07, 6.45) is 1.54. The Balaban J connectivity index is 2.26. The predicted octanol–water partition coefficient (Wildman–Crippen LogP) is 2.63. The van der Waals surface area contributed by atoms with E-state index in [4.69, 9.17) is 4.42 Å². The van der Waals surface area contributed by atoms with Crippen LogP contribution in [0.4, 0.5) is 20.4 Å².